The van der Waals surface area contributed by atoms with Crippen LogP contribution in [0.3, 0.4) is 0 Å². The normalized spacial score (nSPS) is 12.3. The maximum atomic E-state index is 11.6. The summed E-state index contributed by atoms with van der Waals surface area (Å²) in [5.41, 5.74) is -0.0865. The fourth-order valence-corrected chi connectivity index (χ4v) is 1.56. The highest BCUT2D eigenvalue weighted by Crippen LogP contribution is 2.19. The molecule has 0 fully saturated rings. The van der Waals surface area contributed by atoms with Gasteiger partial charge in [0, 0.05) is 12.0 Å². The molecule has 1 amide bonds. The van der Waals surface area contributed by atoms with Crippen LogP contribution in [-0.4, -0.2) is 44.7 Å². The largest absolute Gasteiger partial charge is 0.371 e. The second-order valence-electron chi connectivity index (χ2n) is 7.79. The molecule has 0 bridgehead atoms. The Morgan fingerprint density at radius 1 is 0.909 bits per heavy atom. The zero-order chi connectivity index (χ0) is 17.2. The van der Waals surface area contributed by atoms with E-state index < -0.39 is 0 Å². The maximum Gasteiger partial charge on any atom is 0.245 e. The van der Waals surface area contributed by atoms with E-state index in [0.717, 1.165) is 12.8 Å². The lowest BCUT2D eigenvalue weighted by atomic mass is 9.91. The number of amides is 1. The molecule has 1 N–H and O–H groups in total. The summed E-state index contributed by atoms with van der Waals surface area (Å²) in [6, 6.07) is 0. The van der Waals surface area contributed by atoms with E-state index in [4.69, 9.17) is 9.47 Å². The minimum absolute atomic E-state index is 0.0338. The van der Waals surface area contributed by atoms with Gasteiger partial charge in [0.2, 0.25) is 5.91 Å². The molecule has 0 saturated heterocycles. The summed E-state index contributed by atoms with van der Waals surface area (Å²) in [5, 5.41) is 2.83. The van der Waals surface area contributed by atoms with Gasteiger partial charge in [-0.1, -0.05) is 41.5 Å². The first-order chi connectivity index (χ1) is 10.0. The van der Waals surface area contributed by atoms with Crippen molar-refractivity contribution in [2.45, 2.75) is 54.4 Å². The molecule has 0 aromatic heterocycles. The van der Waals surface area contributed by atoms with Gasteiger partial charge < -0.3 is 14.8 Å². The average molecular weight is 315 g/mol. The Morgan fingerprint density at radius 3 is 1.95 bits per heavy atom. The van der Waals surface area contributed by atoms with E-state index in [0.29, 0.717) is 25.2 Å². The number of nitrogens with one attached hydrogen (secondary N) is 1. The molecule has 0 aromatic rings. The van der Waals surface area contributed by atoms with Crippen LogP contribution >= 0.6 is 0 Å². The van der Waals surface area contributed by atoms with Gasteiger partial charge in [0.25, 0.3) is 0 Å². The smallest absolute Gasteiger partial charge is 0.245 e. The zero-order valence-corrected chi connectivity index (χ0v) is 15.1. The van der Waals surface area contributed by atoms with E-state index >= 15 is 0 Å². The third-order valence-corrected chi connectivity index (χ3v) is 3.10. The summed E-state index contributed by atoms with van der Waals surface area (Å²) in [6.07, 6.45) is 2.04. The highest BCUT2D eigenvalue weighted by atomic mass is 16.5. The first-order valence-electron chi connectivity index (χ1n) is 7.98. The number of Topliss-reactive ketones (excluding diaryl/α,β-unsaturated/α-hetero) is 1. The van der Waals surface area contributed by atoms with Gasteiger partial charge in [-0.25, -0.2) is 0 Å². The predicted octanol–water partition coefficient (Wildman–Crippen LogP) is 2.58. The molecule has 0 aromatic carbocycles. The van der Waals surface area contributed by atoms with E-state index in [1.54, 1.807) is 0 Å². The second kappa shape index (κ2) is 9.95. The molecule has 0 saturated carbocycles. The number of ether oxygens (including phenoxy) is 2. The molecule has 5 heteroatoms. The Labute approximate surface area is 135 Å². The van der Waals surface area contributed by atoms with Gasteiger partial charge in [-0.2, -0.15) is 0 Å². The SMILES string of the molecule is CC(C)(C)CCCNC(=O)COCCOCC(=O)C(C)(C)C. The van der Waals surface area contributed by atoms with Gasteiger partial charge in [0.05, 0.1) is 13.2 Å². The Balaban J connectivity index is 3.48. The highest BCUT2D eigenvalue weighted by molar-refractivity contribution is 5.84. The van der Waals surface area contributed by atoms with Gasteiger partial charge in [-0.05, 0) is 18.3 Å². The highest BCUT2D eigenvalue weighted by Gasteiger charge is 2.20. The monoisotopic (exact) mass is 315 g/mol. The van der Waals surface area contributed by atoms with Crippen molar-refractivity contribution in [3.8, 4) is 0 Å². The molecule has 0 aliphatic rings. The van der Waals surface area contributed by atoms with Gasteiger partial charge in [-0.3, -0.25) is 9.59 Å². The van der Waals surface area contributed by atoms with E-state index in [9.17, 15) is 9.59 Å². The fraction of sp³-hybridized carbons (Fsp3) is 0.882. The first kappa shape index (κ1) is 21.1. The molecule has 0 atom stereocenters. The maximum absolute atomic E-state index is 11.6. The van der Waals surface area contributed by atoms with E-state index in [-0.39, 0.29) is 30.3 Å². The minimum Gasteiger partial charge on any atom is -0.371 e. The summed E-state index contributed by atoms with van der Waals surface area (Å²) in [7, 11) is 0. The van der Waals surface area contributed by atoms with Crippen LogP contribution in [0.1, 0.15) is 54.4 Å². The van der Waals surface area contributed by atoms with Gasteiger partial charge in [0.1, 0.15) is 13.2 Å². The van der Waals surface area contributed by atoms with Crippen LogP contribution in [0, 0.1) is 10.8 Å². The molecule has 0 aliphatic carbocycles. The molecule has 0 aliphatic heterocycles. The standard InChI is InChI=1S/C17H33NO4/c1-16(2,3)8-7-9-18-15(20)13-22-11-10-21-12-14(19)17(4,5)6/h7-13H2,1-6H3,(H,18,20). The molecule has 5 nitrogen and oxygen atoms in total. The number of carbonyl (C=O) groups is 2. The Hall–Kier alpha value is -0.940. The molecule has 0 rings (SSSR count). The third-order valence-electron chi connectivity index (χ3n) is 3.10. The van der Waals surface area contributed by atoms with Crippen molar-refractivity contribution in [2.24, 2.45) is 10.8 Å². The number of ketones is 1. The summed E-state index contributed by atoms with van der Waals surface area (Å²) in [4.78, 5) is 23.1. The molecule has 0 spiro atoms. The quantitative estimate of drug-likeness (QED) is 0.629. The van der Waals surface area contributed by atoms with Crippen LogP contribution in [0.4, 0.5) is 0 Å². The second-order valence-corrected chi connectivity index (χ2v) is 7.79. The van der Waals surface area contributed by atoms with Crippen LogP contribution in [0.15, 0.2) is 0 Å². The van der Waals surface area contributed by atoms with Crippen LogP contribution in [0.25, 0.3) is 0 Å². The summed E-state index contributed by atoms with van der Waals surface area (Å²) in [5.74, 6) is -0.0521. The molecule has 0 radical (unpaired) electrons. The van der Waals surface area contributed by atoms with Crippen LogP contribution in [0.5, 0.6) is 0 Å². The fourth-order valence-electron chi connectivity index (χ4n) is 1.56. The molecule has 130 valence electrons. The van der Waals surface area contributed by atoms with Crippen LogP contribution < -0.4 is 5.32 Å². The molecular weight excluding hydrogens is 282 g/mol. The van der Waals surface area contributed by atoms with Crippen molar-refractivity contribution in [3.05, 3.63) is 0 Å². The Kier molecular flexibility index (Phi) is 9.53. The predicted molar refractivity (Wildman–Crippen MR) is 87.8 cm³/mol. The van der Waals surface area contributed by atoms with Crippen molar-refractivity contribution >= 4 is 11.7 Å². The van der Waals surface area contributed by atoms with Crippen molar-refractivity contribution in [1.29, 1.82) is 0 Å². The summed E-state index contributed by atoms with van der Waals surface area (Å²) in [6.45, 7) is 13.6. The van der Waals surface area contributed by atoms with Crippen LogP contribution in [-0.2, 0) is 19.1 Å². The summed E-state index contributed by atoms with van der Waals surface area (Å²) >= 11 is 0. The van der Waals surface area contributed by atoms with E-state index in [2.05, 4.69) is 26.1 Å². The Bertz CT molecular complexity index is 340. The topological polar surface area (TPSA) is 64.6 Å². The lowest BCUT2D eigenvalue weighted by Crippen LogP contribution is -2.30. The number of hydrogen-bond acceptors (Lipinski definition) is 4. The molecule has 22 heavy (non-hydrogen) atoms. The number of hydrogen-bond donors (Lipinski definition) is 1. The van der Waals surface area contributed by atoms with Gasteiger partial charge in [-0.15, -0.1) is 0 Å². The number of carbonyl (C=O) groups excluding carboxylic acids is 2. The van der Waals surface area contributed by atoms with Crippen molar-refractivity contribution < 1.29 is 19.1 Å². The minimum atomic E-state index is -0.381. The molecule has 0 unspecified atom stereocenters. The third kappa shape index (κ3) is 12.8. The average Bonchev–Trinajstić information content (AvgIpc) is 2.36. The van der Waals surface area contributed by atoms with Crippen molar-refractivity contribution in [2.75, 3.05) is 33.0 Å². The number of rotatable bonds is 10. The zero-order valence-electron chi connectivity index (χ0n) is 15.1. The summed E-state index contributed by atoms with van der Waals surface area (Å²) < 4.78 is 10.4. The van der Waals surface area contributed by atoms with Gasteiger partial charge >= 0.3 is 0 Å². The van der Waals surface area contributed by atoms with Gasteiger partial charge in [0.15, 0.2) is 5.78 Å². The molecular formula is C17H33NO4. The lowest BCUT2D eigenvalue weighted by molar-refractivity contribution is -0.132. The lowest BCUT2D eigenvalue weighted by Gasteiger charge is -2.17. The van der Waals surface area contributed by atoms with Crippen LogP contribution in [0.2, 0.25) is 0 Å². The van der Waals surface area contributed by atoms with E-state index in [1.165, 1.54) is 0 Å². The Morgan fingerprint density at radius 2 is 1.45 bits per heavy atom. The first-order valence-corrected chi connectivity index (χ1v) is 7.98. The van der Waals surface area contributed by atoms with Crippen molar-refractivity contribution in [3.63, 3.8) is 0 Å². The van der Waals surface area contributed by atoms with Crippen molar-refractivity contribution in [1.82, 2.24) is 5.32 Å². The molecule has 0 heterocycles. The van der Waals surface area contributed by atoms with E-state index in [1.807, 2.05) is 20.8 Å².